The van der Waals surface area contributed by atoms with E-state index in [1.165, 1.54) is 18.4 Å². The van der Waals surface area contributed by atoms with E-state index < -0.39 is 0 Å². The SMILES string of the molecule is CCOCC(NC1CC(c2ccccc2Cl)C1)C(C)C. The van der Waals surface area contributed by atoms with Crippen LogP contribution in [0.1, 0.15) is 45.1 Å². The molecule has 1 unspecified atom stereocenters. The van der Waals surface area contributed by atoms with Gasteiger partial charge in [0.1, 0.15) is 0 Å². The second-order valence-corrected chi connectivity index (χ2v) is 6.47. The van der Waals surface area contributed by atoms with Crippen LogP contribution >= 0.6 is 11.6 Å². The molecule has 1 atom stereocenters. The third-order valence-electron chi connectivity index (χ3n) is 4.24. The van der Waals surface area contributed by atoms with E-state index in [4.69, 9.17) is 16.3 Å². The van der Waals surface area contributed by atoms with Crippen molar-refractivity contribution in [3.63, 3.8) is 0 Å². The smallest absolute Gasteiger partial charge is 0.0622 e. The average Bonchev–Trinajstić information content (AvgIpc) is 2.37. The van der Waals surface area contributed by atoms with Crippen molar-refractivity contribution in [2.45, 2.75) is 51.6 Å². The van der Waals surface area contributed by atoms with E-state index in [9.17, 15) is 0 Å². The maximum atomic E-state index is 6.26. The molecule has 0 spiro atoms. The zero-order valence-electron chi connectivity index (χ0n) is 12.7. The van der Waals surface area contributed by atoms with Crippen molar-refractivity contribution < 1.29 is 4.74 Å². The fourth-order valence-electron chi connectivity index (χ4n) is 2.79. The van der Waals surface area contributed by atoms with Crippen LogP contribution in [0.5, 0.6) is 0 Å². The van der Waals surface area contributed by atoms with E-state index >= 15 is 0 Å². The molecule has 0 amide bonds. The molecule has 20 heavy (non-hydrogen) atoms. The molecule has 0 bridgehead atoms. The first-order valence-electron chi connectivity index (χ1n) is 7.70. The Labute approximate surface area is 127 Å². The van der Waals surface area contributed by atoms with Gasteiger partial charge in [-0.25, -0.2) is 0 Å². The number of nitrogens with one attached hydrogen (secondary N) is 1. The highest BCUT2D eigenvalue weighted by atomic mass is 35.5. The number of hydrogen-bond acceptors (Lipinski definition) is 2. The summed E-state index contributed by atoms with van der Waals surface area (Å²) in [4.78, 5) is 0. The van der Waals surface area contributed by atoms with Crippen molar-refractivity contribution in [2.24, 2.45) is 5.92 Å². The van der Waals surface area contributed by atoms with Crippen LogP contribution in [0.4, 0.5) is 0 Å². The molecule has 112 valence electrons. The Kier molecular flexibility index (Phi) is 5.88. The van der Waals surface area contributed by atoms with E-state index in [0.717, 1.165) is 18.2 Å². The Morgan fingerprint density at radius 3 is 2.60 bits per heavy atom. The first-order chi connectivity index (χ1) is 9.61. The molecule has 2 nitrogen and oxygen atoms in total. The van der Waals surface area contributed by atoms with Gasteiger partial charge in [0.25, 0.3) is 0 Å². The molecule has 0 saturated heterocycles. The molecule has 1 N–H and O–H groups in total. The number of halogens is 1. The number of benzene rings is 1. The van der Waals surface area contributed by atoms with Gasteiger partial charge < -0.3 is 10.1 Å². The van der Waals surface area contributed by atoms with Gasteiger partial charge in [-0.2, -0.15) is 0 Å². The summed E-state index contributed by atoms with van der Waals surface area (Å²) >= 11 is 6.26. The third kappa shape index (κ3) is 3.97. The van der Waals surface area contributed by atoms with Gasteiger partial charge in [-0.1, -0.05) is 43.6 Å². The lowest BCUT2D eigenvalue weighted by Gasteiger charge is -2.40. The molecular formula is C17H26ClNO. The molecule has 0 aromatic heterocycles. The van der Waals surface area contributed by atoms with Crippen LogP contribution in [0.2, 0.25) is 5.02 Å². The summed E-state index contributed by atoms with van der Waals surface area (Å²) < 4.78 is 5.57. The van der Waals surface area contributed by atoms with Crippen LogP contribution in [-0.2, 0) is 4.74 Å². The predicted octanol–water partition coefficient (Wildman–Crippen LogP) is 4.24. The average molecular weight is 296 g/mol. The minimum Gasteiger partial charge on any atom is -0.380 e. The van der Waals surface area contributed by atoms with E-state index in [0.29, 0.717) is 23.9 Å². The molecule has 1 aromatic rings. The Morgan fingerprint density at radius 2 is 2.00 bits per heavy atom. The first kappa shape index (κ1) is 15.8. The highest BCUT2D eigenvalue weighted by molar-refractivity contribution is 6.31. The second kappa shape index (κ2) is 7.44. The summed E-state index contributed by atoms with van der Waals surface area (Å²) in [5.74, 6) is 1.21. The van der Waals surface area contributed by atoms with Gasteiger partial charge >= 0.3 is 0 Å². The molecule has 1 aliphatic rings. The molecular weight excluding hydrogens is 270 g/mol. The van der Waals surface area contributed by atoms with Crippen LogP contribution in [-0.4, -0.2) is 25.3 Å². The van der Waals surface area contributed by atoms with Crippen molar-refractivity contribution in [2.75, 3.05) is 13.2 Å². The van der Waals surface area contributed by atoms with Crippen molar-refractivity contribution in [3.8, 4) is 0 Å². The fraction of sp³-hybridized carbons (Fsp3) is 0.647. The predicted molar refractivity (Wildman–Crippen MR) is 85.5 cm³/mol. The minimum absolute atomic E-state index is 0.451. The fourth-order valence-corrected chi connectivity index (χ4v) is 3.08. The number of rotatable bonds is 7. The van der Waals surface area contributed by atoms with Gasteiger partial charge in [0.2, 0.25) is 0 Å². The summed E-state index contributed by atoms with van der Waals surface area (Å²) in [6.07, 6.45) is 2.36. The molecule has 0 heterocycles. The van der Waals surface area contributed by atoms with E-state index in [1.807, 2.05) is 19.1 Å². The number of ether oxygens (including phenoxy) is 1. The molecule has 3 heteroatoms. The van der Waals surface area contributed by atoms with Crippen molar-refractivity contribution >= 4 is 11.6 Å². The van der Waals surface area contributed by atoms with Gasteiger partial charge in [-0.3, -0.25) is 0 Å². The lowest BCUT2D eigenvalue weighted by Crippen LogP contribution is -2.49. The summed E-state index contributed by atoms with van der Waals surface area (Å²) in [5, 5.41) is 4.65. The topological polar surface area (TPSA) is 21.3 Å². The zero-order chi connectivity index (χ0) is 14.5. The van der Waals surface area contributed by atoms with Gasteiger partial charge in [-0.15, -0.1) is 0 Å². The van der Waals surface area contributed by atoms with Crippen LogP contribution < -0.4 is 5.32 Å². The maximum Gasteiger partial charge on any atom is 0.0622 e. The molecule has 1 saturated carbocycles. The van der Waals surface area contributed by atoms with Crippen molar-refractivity contribution in [1.29, 1.82) is 0 Å². The Morgan fingerprint density at radius 1 is 1.30 bits per heavy atom. The molecule has 1 aromatic carbocycles. The van der Waals surface area contributed by atoms with E-state index in [-0.39, 0.29) is 0 Å². The summed E-state index contributed by atoms with van der Waals surface area (Å²) in [6.45, 7) is 8.15. The Hall–Kier alpha value is -0.570. The molecule has 0 aliphatic heterocycles. The normalized spacial score (nSPS) is 23.6. The first-order valence-corrected chi connectivity index (χ1v) is 8.07. The molecule has 1 fully saturated rings. The summed E-state index contributed by atoms with van der Waals surface area (Å²) in [7, 11) is 0. The molecule has 1 aliphatic carbocycles. The van der Waals surface area contributed by atoms with Crippen LogP contribution in [0.15, 0.2) is 24.3 Å². The largest absolute Gasteiger partial charge is 0.380 e. The monoisotopic (exact) mass is 295 g/mol. The lowest BCUT2D eigenvalue weighted by atomic mass is 9.75. The Balaban J connectivity index is 1.82. The van der Waals surface area contributed by atoms with Crippen molar-refractivity contribution in [1.82, 2.24) is 5.32 Å². The Bertz CT molecular complexity index is 415. The molecule has 2 rings (SSSR count). The highest BCUT2D eigenvalue weighted by Gasteiger charge is 2.33. The van der Waals surface area contributed by atoms with Gasteiger partial charge in [0.15, 0.2) is 0 Å². The summed E-state index contributed by atoms with van der Waals surface area (Å²) in [6, 6.07) is 9.27. The van der Waals surface area contributed by atoms with Gasteiger partial charge in [-0.05, 0) is 43.2 Å². The van der Waals surface area contributed by atoms with Crippen LogP contribution in [0, 0.1) is 5.92 Å². The van der Waals surface area contributed by atoms with Gasteiger partial charge in [0.05, 0.1) is 6.61 Å². The summed E-state index contributed by atoms with van der Waals surface area (Å²) in [5.41, 5.74) is 1.30. The van der Waals surface area contributed by atoms with E-state index in [1.54, 1.807) is 0 Å². The number of hydrogen-bond donors (Lipinski definition) is 1. The van der Waals surface area contributed by atoms with Crippen LogP contribution in [0.25, 0.3) is 0 Å². The van der Waals surface area contributed by atoms with Gasteiger partial charge in [0, 0.05) is 23.7 Å². The third-order valence-corrected chi connectivity index (χ3v) is 4.58. The van der Waals surface area contributed by atoms with E-state index in [2.05, 4.69) is 31.3 Å². The van der Waals surface area contributed by atoms with Crippen LogP contribution in [0.3, 0.4) is 0 Å². The quantitative estimate of drug-likeness (QED) is 0.812. The second-order valence-electron chi connectivity index (χ2n) is 6.06. The van der Waals surface area contributed by atoms with Crippen molar-refractivity contribution in [3.05, 3.63) is 34.9 Å². The molecule has 0 radical (unpaired) electrons. The standard InChI is InChI=1S/C17H26ClNO/c1-4-20-11-17(12(2)3)19-14-9-13(10-14)15-7-5-6-8-16(15)18/h5-8,12-14,17,19H,4,9-11H2,1-3H3. The highest BCUT2D eigenvalue weighted by Crippen LogP contribution is 2.40. The minimum atomic E-state index is 0.451. The lowest BCUT2D eigenvalue weighted by molar-refractivity contribution is 0.0943. The maximum absolute atomic E-state index is 6.26. The zero-order valence-corrected chi connectivity index (χ0v) is 13.5.